The van der Waals surface area contributed by atoms with Crippen LogP contribution in [0, 0.1) is 0 Å². The van der Waals surface area contributed by atoms with Crippen molar-refractivity contribution in [2.45, 2.75) is 19.3 Å². The predicted octanol–water partition coefficient (Wildman–Crippen LogP) is 9.26. The van der Waals surface area contributed by atoms with Gasteiger partial charge in [-0.3, -0.25) is 0 Å². The highest BCUT2D eigenvalue weighted by Gasteiger charge is 2.35. The van der Waals surface area contributed by atoms with Gasteiger partial charge in [-0.1, -0.05) is 98.8 Å². The Bertz CT molecular complexity index is 2140. The second-order valence-electron chi connectivity index (χ2n) is 11.1. The van der Waals surface area contributed by atoms with Crippen LogP contribution in [0.15, 0.2) is 115 Å². The Morgan fingerprint density at radius 2 is 1.20 bits per heavy atom. The highest BCUT2D eigenvalue weighted by molar-refractivity contribution is 6.28. The Balaban J connectivity index is 1.28. The van der Waals surface area contributed by atoms with Crippen molar-refractivity contribution in [1.29, 1.82) is 0 Å². The van der Waals surface area contributed by atoms with Gasteiger partial charge in [-0.2, -0.15) is 9.97 Å². The number of aromatic nitrogens is 4. The number of hydrogen-bond donors (Lipinski definition) is 0. The number of fused-ring (bicyclic) bond motifs is 6. The van der Waals surface area contributed by atoms with Gasteiger partial charge in [0.2, 0.25) is 5.28 Å². The predicted molar refractivity (Wildman–Crippen MR) is 168 cm³/mol. The third-order valence-electron chi connectivity index (χ3n) is 8.40. The molecule has 0 spiro atoms. The van der Waals surface area contributed by atoms with E-state index in [1.54, 1.807) is 0 Å². The van der Waals surface area contributed by atoms with Crippen molar-refractivity contribution < 1.29 is 0 Å². The summed E-state index contributed by atoms with van der Waals surface area (Å²) in [6.45, 7) is 4.54. The van der Waals surface area contributed by atoms with Crippen molar-refractivity contribution in [3.8, 4) is 39.6 Å². The largest absolute Gasteiger partial charge is 0.309 e. The first-order valence-corrected chi connectivity index (χ1v) is 14.1. The number of hydrogen-bond acceptors (Lipinski definition) is 3. The molecule has 5 heteroatoms. The molecule has 0 bridgehead atoms. The molecule has 0 unspecified atom stereocenters. The molecular formula is C36H25ClN4. The molecule has 2 heterocycles. The molecule has 2 aromatic heterocycles. The maximum atomic E-state index is 6.54. The summed E-state index contributed by atoms with van der Waals surface area (Å²) in [5.41, 5.74) is 10.2. The van der Waals surface area contributed by atoms with Crippen molar-refractivity contribution in [3.05, 3.63) is 132 Å². The fourth-order valence-electron chi connectivity index (χ4n) is 6.42. The first kappa shape index (κ1) is 24.0. The van der Waals surface area contributed by atoms with E-state index >= 15 is 0 Å². The number of para-hydroxylation sites is 2. The minimum Gasteiger partial charge on any atom is -0.309 e. The molecule has 0 amide bonds. The van der Waals surface area contributed by atoms with Crippen molar-refractivity contribution in [2.24, 2.45) is 0 Å². The van der Waals surface area contributed by atoms with Gasteiger partial charge in [0.15, 0.2) is 11.6 Å². The summed E-state index contributed by atoms with van der Waals surface area (Å²) in [6.07, 6.45) is 0. The van der Waals surface area contributed by atoms with E-state index in [1.807, 2.05) is 6.07 Å². The monoisotopic (exact) mass is 548 g/mol. The molecule has 196 valence electrons. The van der Waals surface area contributed by atoms with Gasteiger partial charge in [0.25, 0.3) is 0 Å². The molecule has 0 aliphatic heterocycles. The van der Waals surface area contributed by atoms with Crippen molar-refractivity contribution in [2.75, 3.05) is 0 Å². The van der Waals surface area contributed by atoms with Gasteiger partial charge in [-0.05, 0) is 64.2 Å². The van der Waals surface area contributed by atoms with E-state index in [2.05, 4.69) is 138 Å². The lowest BCUT2D eigenvalue weighted by atomic mass is 9.82. The average molecular weight is 549 g/mol. The van der Waals surface area contributed by atoms with Crippen LogP contribution >= 0.6 is 11.6 Å². The average Bonchev–Trinajstić information content (AvgIpc) is 3.46. The minimum atomic E-state index is -0.114. The lowest BCUT2D eigenvalue weighted by molar-refractivity contribution is 0.660. The quantitative estimate of drug-likeness (QED) is 0.221. The Labute approximate surface area is 242 Å². The maximum Gasteiger partial charge on any atom is 0.226 e. The van der Waals surface area contributed by atoms with E-state index in [0.29, 0.717) is 11.6 Å². The van der Waals surface area contributed by atoms with Gasteiger partial charge in [-0.25, -0.2) is 4.98 Å². The van der Waals surface area contributed by atoms with Crippen molar-refractivity contribution in [3.63, 3.8) is 0 Å². The second-order valence-corrected chi connectivity index (χ2v) is 11.4. The zero-order chi connectivity index (χ0) is 27.7. The van der Waals surface area contributed by atoms with E-state index in [4.69, 9.17) is 16.6 Å². The zero-order valence-corrected chi connectivity index (χ0v) is 23.4. The normalized spacial score (nSPS) is 13.4. The van der Waals surface area contributed by atoms with Crippen LogP contribution in [-0.2, 0) is 5.41 Å². The Morgan fingerprint density at radius 3 is 2.02 bits per heavy atom. The summed E-state index contributed by atoms with van der Waals surface area (Å²) in [5, 5.41) is 2.56. The molecule has 0 saturated carbocycles. The topological polar surface area (TPSA) is 43.6 Å². The molecule has 0 fully saturated rings. The summed E-state index contributed by atoms with van der Waals surface area (Å²) in [6, 6.07) is 40.4. The Hall–Kier alpha value is -4.80. The zero-order valence-electron chi connectivity index (χ0n) is 22.6. The fraction of sp³-hybridized carbons (Fsp3) is 0.0833. The van der Waals surface area contributed by atoms with Gasteiger partial charge in [0, 0.05) is 33.0 Å². The Morgan fingerprint density at radius 1 is 0.561 bits per heavy atom. The fourth-order valence-corrected chi connectivity index (χ4v) is 6.58. The number of halogens is 1. The minimum absolute atomic E-state index is 0.114. The molecule has 1 aliphatic carbocycles. The van der Waals surface area contributed by atoms with Crippen LogP contribution in [0.5, 0.6) is 0 Å². The highest BCUT2D eigenvalue weighted by Crippen LogP contribution is 2.49. The van der Waals surface area contributed by atoms with Gasteiger partial charge >= 0.3 is 0 Å². The molecule has 41 heavy (non-hydrogen) atoms. The number of nitrogens with zero attached hydrogens (tertiary/aromatic N) is 4. The summed E-state index contributed by atoms with van der Waals surface area (Å²) < 4.78 is 2.29. The summed E-state index contributed by atoms with van der Waals surface area (Å²) >= 11 is 6.54. The third-order valence-corrected chi connectivity index (χ3v) is 8.57. The Kier molecular flexibility index (Phi) is 5.19. The molecule has 1 aliphatic rings. The molecule has 0 radical (unpaired) electrons. The van der Waals surface area contributed by atoms with E-state index in [0.717, 1.165) is 27.8 Å². The van der Waals surface area contributed by atoms with E-state index in [-0.39, 0.29) is 10.7 Å². The lowest BCUT2D eigenvalue weighted by Crippen LogP contribution is -2.15. The first-order valence-electron chi connectivity index (χ1n) is 13.7. The van der Waals surface area contributed by atoms with Crippen LogP contribution < -0.4 is 0 Å². The number of rotatable bonds is 3. The van der Waals surface area contributed by atoms with E-state index in [1.165, 1.54) is 33.0 Å². The van der Waals surface area contributed by atoms with Gasteiger partial charge in [0.1, 0.15) is 0 Å². The highest BCUT2D eigenvalue weighted by atomic mass is 35.5. The van der Waals surface area contributed by atoms with Crippen LogP contribution in [0.1, 0.15) is 25.0 Å². The van der Waals surface area contributed by atoms with Crippen LogP contribution in [0.3, 0.4) is 0 Å². The van der Waals surface area contributed by atoms with Gasteiger partial charge in [-0.15, -0.1) is 0 Å². The smallest absolute Gasteiger partial charge is 0.226 e. The second kappa shape index (κ2) is 8.85. The van der Waals surface area contributed by atoms with Crippen molar-refractivity contribution in [1.82, 2.24) is 19.5 Å². The maximum absolute atomic E-state index is 6.54. The van der Waals surface area contributed by atoms with Crippen LogP contribution in [0.4, 0.5) is 0 Å². The summed E-state index contributed by atoms with van der Waals surface area (Å²) in [4.78, 5) is 14.1. The summed E-state index contributed by atoms with van der Waals surface area (Å²) in [5.74, 6) is 1.12. The molecule has 0 saturated heterocycles. The first-order chi connectivity index (χ1) is 20.0. The molecule has 5 aromatic carbocycles. The standard InChI is InChI=1S/C36H25ClN4/c1-36(2)29-14-8-6-12-25(29)26-18-16-22(20-30(26)36)33-38-34(40-35(37)39-33)23-17-19-28-27-13-7-9-15-31(27)41(32(28)21-23)24-10-4-3-5-11-24/h3-21H,1-2H3. The molecule has 0 atom stereocenters. The van der Waals surface area contributed by atoms with Crippen LogP contribution in [0.25, 0.3) is 61.4 Å². The third kappa shape index (κ3) is 3.64. The summed E-state index contributed by atoms with van der Waals surface area (Å²) in [7, 11) is 0. The van der Waals surface area contributed by atoms with Crippen molar-refractivity contribution >= 4 is 33.4 Å². The molecule has 0 N–H and O–H groups in total. The number of benzene rings is 5. The van der Waals surface area contributed by atoms with Crippen LogP contribution in [-0.4, -0.2) is 19.5 Å². The van der Waals surface area contributed by atoms with Crippen LogP contribution in [0.2, 0.25) is 5.28 Å². The van der Waals surface area contributed by atoms with Gasteiger partial charge in [0.05, 0.1) is 11.0 Å². The van der Waals surface area contributed by atoms with E-state index in [9.17, 15) is 0 Å². The molecule has 4 nitrogen and oxygen atoms in total. The van der Waals surface area contributed by atoms with Gasteiger partial charge < -0.3 is 4.57 Å². The SMILES string of the molecule is CC1(C)c2ccccc2-c2ccc(-c3nc(Cl)nc(-c4ccc5c6ccccc6n(-c6ccccc6)c5c4)n3)cc21. The van der Waals surface area contributed by atoms with E-state index < -0.39 is 0 Å². The molecule has 8 rings (SSSR count). The molecule has 7 aromatic rings. The molecular weight excluding hydrogens is 524 g/mol. The lowest BCUT2D eigenvalue weighted by Gasteiger charge is -2.21.